The molecule has 56 heavy (non-hydrogen) atoms. The second-order valence-electron chi connectivity index (χ2n) is 15.0. The molecule has 0 N–H and O–H groups in total. The van der Waals surface area contributed by atoms with E-state index < -0.39 is 0 Å². The van der Waals surface area contributed by atoms with Gasteiger partial charge in [-0.25, -0.2) is 15.0 Å². The molecule has 4 heteroatoms. The minimum absolute atomic E-state index is 0.148. The molecule has 3 heterocycles. The summed E-state index contributed by atoms with van der Waals surface area (Å²) in [7, 11) is 0. The zero-order chi connectivity index (χ0) is 36.8. The van der Waals surface area contributed by atoms with E-state index in [0.717, 1.165) is 22.3 Å². The first-order valence-electron chi connectivity index (χ1n) is 19.3. The van der Waals surface area contributed by atoms with Crippen molar-refractivity contribution in [2.45, 2.75) is 5.41 Å². The number of hydrogen-bond acceptors (Lipinski definition) is 3. The third-order valence-corrected chi connectivity index (χ3v) is 12.3. The summed E-state index contributed by atoms with van der Waals surface area (Å²) in [6.45, 7) is 0.148. The molecule has 1 aliphatic carbocycles. The molecule has 0 atom stereocenters. The van der Waals surface area contributed by atoms with Crippen LogP contribution in [0.15, 0.2) is 194 Å². The van der Waals surface area contributed by atoms with E-state index in [0.29, 0.717) is 17.5 Å². The van der Waals surface area contributed by atoms with Gasteiger partial charge in [0, 0.05) is 16.7 Å². The Balaban J connectivity index is 0.978. The van der Waals surface area contributed by atoms with Crippen molar-refractivity contribution in [3.8, 4) is 67.5 Å². The fraction of sp³-hybridized carbons (Fsp3) is 0.0192. The van der Waals surface area contributed by atoms with Crippen molar-refractivity contribution in [1.29, 1.82) is 0 Å². The summed E-state index contributed by atoms with van der Waals surface area (Å²) in [6.07, 6.45) is 0. The van der Waals surface area contributed by atoms with Crippen LogP contribution in [0.1, 0.15) is 22.3 Å². The molecule has 3 nitrogen and oxygen atoms in total. The van der Waals surface area contributed by atoms with Crippen molar-refractivity contribution in [1.82, 2.24) is 15.0 Å². The average molecular weight is 710 g/mol. The Morgan fingerprint density at radius 1 is 0.304 bits per heavy atom. The van der Waals surface area contributed by atoms with Gasteiger partial charge in [0.05, 0.1) is 5.41 Å². The molecule has 9 aromatic rings. The molecule has 258 valence electrons. The van der Waals surface area contributed by atoms with E-state index >= 15 is 0 Å². The summed E-state index contributed by atoms with van der Waals surface area (Å²) >= 11 is 0. The van der Waals surface area contributed by atoms with Crippen LogP contribution < -0.4 is 16.4 Å². The minimum Gasteiger partial charge on any atom is -0.208 e. The second-order valence-corrected chi connectivity index (χ2v) is 15.0. The Kier molecular flexibility index (Phi) is 6.64. The van der Waals surface area contributed by atoms with E-state index in [2.05, 4.69) is 133 Å². The highest BCUT2D eigenvalue weighted by atomic mass is 15.0. The van der Waals surface area contributed by atoms with Gasteiger partial charge in [-0.15, -0.1) is 0 Å². The van der Waals surface area contributed by atoms with Crippen LogP contribution in [-0.2, 0) is 5.41 Å². The average Bonchev–Trinajstić information content (AvgIpc) is 3.77. The van der Waals surface area contributed by atoms with E-state index in [1.54, 1.807) is 0 Å². The number of hydrogen-bond donors (Lipinski definition) is 0. The predicted octanol–water partition coefficient (Wildman–Crippen LogP) is 9.71. The standard InChI is InChI=1S/C52H32BN3/c1-3-14-34(15-4-1)49-54-50(35-16-5-2-6-17-35)56-51(55-49)36-28-26-33(27-29-36)37-30-31-40-41-20-13-24-45-48(41)53(47(40)32-37)46-25-12-11-23-44(46)52(45)42-21-9-7-18-38(42)39-19-8-10-22-43(39)52/h1-32H. The monoisotopic (exact) mass is 709 g/mol. The van der Waals surface area contributed by atoms with Crippen LogP contribution in [0.2, 0.25) is 0 Å². The SMILES string of the molecule is c1ccc(-c2nc(-c3ccccc3)nc(-c3ccc(-c4ccc5c(c4)B4c6ccccc6C6(c7ccccc7-c7ccccc76)c6cccc-5c64)cc3)n2)cc1. The molecule has 0 fully saturated rings. The minimum atomic E-state index is -0.373. The van der Waals surface area contributed by atoms with Crippen LogP contribution in [0.3, 0.4) is 0 Å². The maximum absolute atomic E-state index is 4.97. The smallest absolute Gasteiger partial charge is 0.208 e. The number of benzene rings is 8. The number of fused-ring (bicyclic) bond motifs is 12. The third kappa shape index (κ3) is 4.32. The number of rotatable bonds is 4. The van der Waals surface area contributed by atoms with Gasteiger partial charge in [-0.3, -0.25) is 0 Å². The van der Waals surface area contributed by atoms with Crippen LogP contribution in [0.25, 0.3) is 67.5 Å². The Labute approximate surface area is 326 Å². The highest BCUT2D eigenvalue weighted by Gasteiger charge is 2.54. The molecular formula is C52H32BN3. The van der Waals surface area contributed by atoms with E-state index in [4.69, 9.17) is 15.0 Å². The Morgan fingerprint density at radius 2 is 0.768 bits per heavy atom. The first kappa shape index (κ1) is 31.2. The zero-order valence-electron chi connectivity index (χ0n) is 30.4. The van der Waals surface area contributed by atoms with Crippen molar-refractivity contribution in [2.24, 2.45) is 0 Å². The first-order valence-corrected chi connectivity index (χ1v) is 19.3. The van der Waals surface area contributed by atoms with E-state index in [1.807, 2.05) is 60.7 Å². The molecule has 2 aliphatic heterocycles. The van der Waals surface area contributed by atoms with E-state index in [-0.39, 0.29) is 12.1 Å². The molecular weight excluding hydrogens is 677 g/mol. The summed E-state index contributed by atoms with van der Waals surface area (Å²) < 4.78 is 0. The Bertz CT molecular complexity index is 2930. The summed E-state index contributed by atoms with van der Waals surface area (Å²) in [5, 5.41) is 0. The van der Waals surface area contributed by atoms with Crippen LogP contribution in [0.5, 0.6) is 0 Å². The highest BCUT2D eigenvalue weighted by molar-refractivity contribution is 7.00. The van der Waals surface area contributed by atoms with Crippen LogP contribution in [0, 0.1) is 0 Å². The van der Waals surface area contributed by atoms with E-state index in [9.17, 15) is 0 Å². The fourth-order valence-corrected chi connectivity index (χ4v) is 9.94. The topological polar surface area (TPSA) is 38.7 Å². The van der Waals surface area contributed by atoms with Gasteiger partial charge in [0.1, 0.15) is 0 Å². The van der Waals surface area contributed by atoms with Gasteiger partial charge in [-0.1, -0.05) is 211 Å². The van der Waals surface area contributed by atoms with Crippen molar-refractivity contribution in [3.05, 3.63) is 216 Å². The molecule has 12 rings (SSSR count). The summed E-state index contributed by atoms with van der Waals surface area (Å²) in [5.74, 6) is 1.98. The second kappa shape index (κ2) is 11.9. The molecule has 0 unspecified atom stereocenters. The lowest BCUT2D eigenvalue weighted by Gasteiger charge is -2.42. The van der Waals surface area contributed by atoms with Crippen molar-refractivity contribution < 1.29 is 0 Å². The number of aromatic nitrogens is 3. The lowest BCUT2D eigenvalue weighted by Crippen LogP contribution is -2.59. The maximum atomic E-state index is 4.97. The molecule has 8 aromatic carbocycles. The number of nitrogens with zero attached hydrogens (tertiary/aromatic N) is 3. The van der Waals surface area contributed by atoms with Gasteiger partial charge >= 0.3 is 0 Å². The molecule has 0 amide bonds. The predicted molar refractivity (Wildman–Crippen MR) is 229 cm³/mol. The molecule has 0 radical (unpaired) electrons. The summed E-state index contributed by atoms with van der Waals surface area (Å²) in [5.41, 5.74) is 19.9. The highest BCUT2D eigenvalue weighted by Crippen LogP contribution is 2.57. The van der Waals surface area contributed by atoms with Crippen LogP contribution >= 0.6 is 0 Å². The molecule has 0 bridgehead atoms. The Hall–Kier alpha value is -7.17. The van der Waals surface area contributed by atoms with Crippen molar-refractivity contribution >= 4 is 23.1 Å². The van der Waals surface area contributed by atoms with Gasteiger partial charge in [0.15, 0.2) is 17.5 Å². The molecule has 0 saturated heterocycles. The first-order chi connectivity index (χ1) is 27.8. The Morgan fingerprint density at radius 3 is 1.39 bits per heavy atom. The lowest BCUT2D eigenvalue weighted by molar-refractivity contribution is 0.775. The molecule has 1 spiro atoms. The van der Waals surface area contributed by atoms with Crippen molar-refractivity contribution in [2.75, 3.05) is 0 Å². The molecule has 0 saturated carbocycles. The fourth-order valence-electron chi connectivity index (χ4n) is 9.94. The molecule has 3 aliphatic rings. The summed E-state index contributed by atoms with van der Waals surface area (Å²) in [6, 6.07) is 70.4. The summed E-state index contributed by atoms with van der Waals surface area (Å²) in [4.78, 5) is 14.8. The normalized spacial score (nSPS) is 13.5. The van der Waals surface area contributed by atoms with Crippen molar-refractivity contribution in [3.63, 3.8) is 0 Å². The zero-order valence-corrected chi connectivity index (χ0v) is 30.4. The van der Waals surface area contributed by atoms with E-state index in [1.165, 1.54) is 66.5 Å². The lowest BCUT2D eigenvalue weighted by atomic mass is 9.32. The van der Waals surface area contributed by atoms with Gasteiger partial charge in [-0.2, -0.15) is 0 Å². The van der Waals surface area contributed by atoms with Gasteiger partial charge in [0.2, 0.25) is 6.71 Å². The van der Waals surface area contributed by atoms with Gasteiger partial charge < -0.3 is 0 Å². The van der Waals surface area contributed by atoms with Crippen LogP contribution in [0.4, 0.5) is 0 Å². The quantitative estimate of drug-likeness (QED) is 0.171. The van der Waals surface area contributed by atoms with Crippen LogP contribution in [-0.4, -0.2) is 21.7 Å². The third-order valence-electron chi connectivity index (χ3n) is 12.3. The van der Waals surface area contributed by atoms with Gasteiger partial charge in [-0.05, 0) is 55.6 Å². The molecule has 1 aromatic heterocycles. The largest absolute Gasteiger partial charge is 0.243 e. The maximum Gasteiger partial charge on any atom is 0.243 e. The van der Waals surface area contributed by atoms with Gasteiger partial charge in [0.25, 0.3) is 0 Å².